The van der Waals surface area contributed by atoms with Crippen molar-refractivity contribution < 1.29 is 4.79 Å². The summed E-state index contributed by atoms with van der Waals surface area (Å²) in [5.41, 5.74) is 3.59. The van der Waals surface area contributed by atoms with E-state index < -0.39 is 0 Å². The van der Waals surface area contributed by atoms with Gasteiger partial charge in [-0.05, 0) is 20.0 Å². The third-order valence-electron chi connectivity index (χ3n) is 4.22. The fourth-order valence-corrected chi connectivity index (χ4v) is 2.64. The third kappa shape index (κ3) is 4.02. The average molecular weight is 353 g/mol. The predicted octanol–water partition coefficient (Wildman–Crippen LogP) is 1.60. The van der Waals surface area contributed by atoms with Crippen molar-refractivity contribution in [2.45, 2.75) is 33.9 Å². The molecule has 3 rings (SSSR count). The number of nitrogens with one attached hydrogen (secondary N) is 1. The van der Waals surface area contributed by atoms with Crippen LogP contribution < -0.4 is 5.32 Å². The first-order chi connectivity index (χ1) is 12.6. The van der Waals surface area contributed by atoms with E-state index in [-0.39, 0.29) is 5.91 Å². The summed E-state index contributed by atoms with van der Waals surface area (Å²) in [7, 11) is 0. The van der Waals surface area contributed by atoms with Gasteiger partial charge in [-0.1, -0.05) is 13.8 Å². The van der Waals surface area contributed by atoms with Gasteiger partial charge in [-0.25, -0.2) is 9.50 Å². The zero-order chi connectivity index (χ0) is 18.5. The van der Waals surface area contributed by atoms with Crippen LogP contribution in [0.15, 0.2) is 31.0 Å². The largest absolute Gasteiger partial charge is 0.346 e. The van der Waals surface area contributed by atoms with Crippen LogP contribution in [0.5, 0.6) is 0 Å². The van der Waals surface area contributed by atoms with Gasteiger partial charge in [0.25, 0.3) is 5.91 Å². The quantitative estimate of drug-likeness (QED) is 0.694. The number of amides is 1. The maximum atomic E-state index is 12.5. The van der Waals surface area contributed by atoms with Crippen LogP contribution in [0.3, 0.4) is 0 Å². The van der Waals surface area contributed by atoms with Crippen molar-refractivity contribution in [3.63, 3.8) is 0 Å². The molecular weight excluding hydrogens is 330 g/mol. The van der Waals surface area contributed by atoms with Crippen molar-refractivity contribution in [2.75, 3.05) is 13.1 Å². The number of hydrogen-bond acceptors (Lipinski definition) is 6. The second-order valence-corrected chi connectivity index (χ2v) is 6.08. The van der Waals surface area contributed by atoms with Crippen LogP contribution in [-0.4, -0.2) is 48.5 Å². The van der Waals surface area contributed by atoms with Crippen LogP contribution in [0, 0.1) is 6.92 Å². The second-order valence-electron chi connectivity index (χ2n) is 6.08. The Kier molecular flexibility index (Phi) is 5.52. The van der Waals surface area contributed by atoms with Gasteiger partial charge in [0.1, 0.15) is 5.56 Å². The number of fused-ring (bicyclic) bond motifs is 1. The normalized spacial score (nSPS) is 11.2. The molecule has 0 aromatic carbocycles. The molecule has 8 heteroatoms. The molecule has 0 bridgehead atoms. The lowest BCUT2D eigenvalue weighted by Gasteiger charge is -2.17. The molecule has 0 aliphatic rings. The Morgan fingerprint density at radius 3 is 2.62 bits per heavy atom. The smallest absolute Gasteiger partial charge is 0.257 e. The van der Waals surface area contributed by atoms with Gasteiger partial charge in [-0.2, -0.15) is 5.10 Å². The molecule has 0 saturated heterocycles. The van der Waals surface area contributed by atoms with Crippen LogP contribution in [0.25, 0.3) is 5.65 Å². The number of aromatic nitrogens is 5. The molecule has 26 heavy (non-hydrogen) atoms. The van der Waals surface area contributed by atoms with E-state index in [4.69, 9.17) is 0 Å². The van der Waals surface area contributed by atoms with Gasteiger partial charge in [0.05, 0.1) is 30.3 Å². The number of aryl methyl sites for hydroxylation is 1. The monoisotopic (exact) mass is 353 g/mol. The zero-order valence-corrected chi connectivity index (χ0v) is 15.3. The van der Waals surface area contributed by atoms with Gasteiger partial charge in [0.2, 0.25) is 0 Å². The van der Waals surface area contributed by atoms with E-state index in [0.29, 0.717) is 23.4 Å². The molecule has 136 valence electrons. The van der Waals surface area contributed by atoms with Gasteiger partial charge in [0.15, 0.2) is 5.65 Å². The van der Waals surface area contributed by atoms with Crippen LogP contribution in [0.4, 0.5) is 0 Å². The maximum Gasteiger partial charge on any atom is 0.257 e. The van der Waals surface area contributed by atoms with Crippen LogP contribution in [0.1, 0.15) is 41.2 Å². The summed E-state index contributed by atoms with van der Waals surface area (Å²) in [6.45, 7) is 9.20. The first kappa shape index (κ1) is 17.9. The molecule has 1 N–H and O–H groups in total. The van der Waals surface area contributed by atoms with E-state index in [1.165, 1.54) is 0 Å². The molecule has 0 spiro atoms. The van der Waals surface area contributed by atoms with E-state index in [9.17, 15) is 4.79 Å². The standard InChI is InChI=1S/C18H23N7O/c1-4-24(5-2)11-14-7-21-17-16(10-23-25(17)12-14)18(26)22-9-15-8-19-13(3)6-20-15/h6-8,10,12H,4-5,9,11H2,1-3H3,(H,22,26). The topological polar surface area (TPSA) is 88.3 Å². The number of nitrogens with zero attached hydrogens (tertiary/aromatic N) is 6. The SMILES string of the molecule is CCN(CC)Cc1cnc2c(C(=O)NCc3cnc(C)cn3)cnn2c1. The van der Waals surface area contributed by atoms with Crippen molar-refractivity contribution in [2.24, 2.45) is 0 Å². The predicted molar refractivity (Wildman–Crippen MR) is 97.6 cm³/mol. The van der Waals surface area contributed by atoms with E-state index in [0.717, 1.165) is 30.9 Å². The van der Waals surface area contributed by atoms with Gasteiger partial charge >= 0.3 is 0 Å². The van der Waals surface area contributed by atoms with E-state index >= 15 is 0 Å². The van der Waals surface area contributed by atoms with Crippen molar-refractivity contribution in [3.8, 4) is 0 Å². The minimum atomic E-state index is -0.230. The molecule has 8 nitrogen and oxygen atoms in total. The van der Waals surface area contributed by atoms with Gasteiger partial charge in [-0.3, -0.25) is 19.7 Å². The minimum absolute atomic E-state index is 0.230. The summed E-state index contributed by atoms with van der Waals surface area (Å²) >= 11 is 0. The van der Waals surface area contributed by atoms with E-state index in [1.54, 1.807) is 29.3 Å². The summed E-state index contributed by atoms with van der Waals surface area (Å²) in [5.74, 6) is -0.230. The average Bonchev–Trinajstić information content (AvgIpc) is 3.08. The third-order valence-corrected chi connectivity index (χ3v) is 4.22. The first-order valence-electron chi connectivity index (χ1n) is 8.71. The lowest BCUT2D eigenvalue weighted by molar-refractivity contribution is 0.0952. The fraction of sp³-hybridized carbons (Fsp3) is 0.389. The van der Waals surface area contributed by atoms with Gasteiger partial charge in [-0.15, -0.1) is 0 Å². The van der Waals surface area contributed by atoms with E-state index in [2.05, 4.69) is 44.1 Å². The minimum Gasteiger partial charge on any atom is -0.346 e. The first-order valence-corrected chi connectivity index (χ1v) is 8.71. The number of carbonyl (C=O) groups excluding carboxylic acids is 1. The molecule has 0 aliphatic heterocycles. The zero-order valence-electron chi connectivity index (χ0n) is 15.3. The van der Waals surface area contributed by atoms with Gasteiger partial charge in [0, 0.05) is 30.7 Å². The Morgan fingerprint density at radius 2 is 1.92 bits per heavy atom. The molecule has 0 aliphatic carbocycles. The van der Waals surface area contributed by atoms with Crippen molar-refractivity contribution in [1.29, 1.82) is 0 Å². The Balaban J connectivity index is 1.71. The number of carbonyl (C=O) groups is 1. The molecule has 0 radical (unpaired) electrons. The summed E-state index contributed by atoms with van der Waals surface area (Å²) < 4.78 is 1.65. The molecule has 0 unspecified atom stereocenters. The highest BCUT2D eigenvalue weighted by Crippen LogP contribution is 2.11. The maximum absolute atomic E-state index is 12.5. The van der Waals surface area contributed by atoms with Crippen LogP contribution in [0.2, 0.25) is 0 Å². The molecule has 0 atom stereocenters. The van der Waals surface area contributed by atoms with Crippen molar-refractivity contribution >= 4 is 11.6 Å². The molecular formula is C18H23N7O. The number of hydrogen-bond donors (Lipinski definition) is 1. The fourth-order valence-electron chi connectivity index (χ4n) is 2.64. The number of rotatable bonds is 7. The highest BCUT2D eigenvalue weighted by Gasteiger charge is 2.14. The van der Waals surface area contributed by atoms with Crippen LogP contribution in [-0.2, 0) is 13.1 Å². The summed E-state index contributed by atoms with van der Waals surface area (Å²) in [6.07, 6.45) is 8.60. The van der Waals surface area contributed by atoms with Gasteiger partial charge < -0.3 is 5.32 Å². The molecule has 0 fully saturated rings. The van der Waals surface area contributed by atoms with Crippen molar-refractivity contribution in [1.82, 2.24) is 34.8 Å². The summed E-state index contributed by atoms with van der Waals surface area (Å²) in [6, 6.07) is 0. The summed E-state index contributed by atoms with van der Waals surface area (Å²) in [5, 5.41) is 7.11. The molecule has 3 heterocycles. The summed E-state index contributed by atoms with van der Waals surface area (Å²) in [4.78, 5) is 27.6. The Morgan fingerprint density at radius 1 is 1.12 bits per heavy atom. The molecule has 3 aromatic rings. The molecule has 1 amide bonds. The lowest BCUT2D eigenvalue weighted by atomic mass is 10.3. The van der Waals surface area contributed by atoms with E-state index in [1.807, 2.05) is 13.1 Å². The molecule has 0 saturated carbocycles. The van der Waals surface area contributed by atoms with Crippen molar-refractivity contribution in [3.05, 3.63) is 53.5 Å². The Hall–Kier alpha value is -2.87. The Labute approximate surface area is 152 Å². The lowest BCUT2D eigenvalue weighted by Crippen LogP contribution is -2.24. The Bertz CT molecular complexity index is 884. The molecule has 3 aromatic heterocycles. The highest BCUT2D eigenvalue weighted by atomic mass is 16.1. The van der Waals surface area contributed by atoms with Crippen LogP contribution >= 0.6 is 0 Å². The second kappa shape index (κ2) is 8.01. The highest BCUT2D eigenvalue weighted by molar-refractivity contribution is 5.99.